The fraction of sp³-hybridized carbons (Fsp3) is 0.312. The normalized spacial score (nSPS) is 11.9. The molecule has 20 heavy (non-hydrogen) atoms. The molecule has 1 unspecified atom stereocenters. The zero-order valence-electron chi connectivity index (χ0n) is 12.0. The summed E-state index contributed by atoms with van der Waals surface area (Å²) >= 11 is 0. The van der Waals surface area contributed by atoms with E-state index in [2.05, 4.69) is 41.5 Å². The first-order valence-corrected chi connectivity index (χ1v) is 6.87. The fourth-order valence-electron chi connectivity index (χ4n) is 2.00. The predicted molar refractivity (Wildman–Crippen MR) is 81.8 cm³/mol. The monoisotopic (exact) mass is 271 g/mol. The highest BCUT2D eigenvalue weighted by molar-refractivity contribution is 5.51. The third kappa shape index (κ3) is 3.48. The van der Waals surface area contributed by atoms with Crippen LogP contribution in [-0.4, -0.2) is 11.6 Å². The fourth-order valence-corrected chi connectivity index (χ4v) is 2.00. The molecule has 0 aliphatic heterocycles. The first-order chi connectivity index (χ1) is 9.74. The number of benzene rings is 1. The first kappa shape index (κ1) is 14.3. The summed E-state index contributed by atoms with van der Waals surface area (Å²) in [6.45, 7) is 5.25. The summed E-state index contributed by atoms with van der Waals surface area (Å²) in [5.74, 6) is 1.55. The highest BCUT2D eigenvalue weighted by Crippen LogP contribution is 2.25. The lowest BCUT2D eigenvalue weighted by atomic mass is 10.1. The second-order valence-electron chi connectivity index (χ2n) is 4.59. The summed E-state index contributed by atoms with van der Waals surface area (Å²) in [5, 5.41) is 3.38. The van der Waals surface area contributed by atoms with Crippen LogP contribution in [0.4, 0.5) is 5.82 Å². The standard InChI is InChI=1S/C16H21N3O/c1-3-20-15-5-4-10-18-16(15)19-12(2)14-8-6-13(11-17)7-9-14/h4-10,12H,3,11,17H2,1-2H3,(H,18,19). The van der Waals surface area contributed by atoms with E-state index in [0.29, 0.717) is 13.2 Å². The number of rotatable bonds is 6. The number of aromatic nitrogens is 1. The molecule has 2 aromatic rings. The molecule has 2 rings (SSSR count). The molecule has 1 atom stereocenters. The van der Waals surface area contributed by atoms with Crippen LogP contribution in [0.2, 0.25) is 0 Å². The summed E-state index contributed by atoms with van der Waals surface area (Å²) in [4.78, 5) is 4.34. The average Bonchev–Trinajstić information content (AvgIpc) is 2.49. The van der Waals surface area contributed by atoms with Gasteiger partial charge in [0.2, 0.25) is 0 Å². The quantitative estimate of drug-likeness (QED) is 0.847. The zero-order valence-corrected chi connectivity index (χ0v) is 12.0. The molecule has 1 aromatic heterocycles. The van der Waals surface area contributed by atoms with Crippen molar-refractivity contribution in [1.29, 1.82) is 0 Å². The molecular formula is C16H21N3O. The molecule has 0 saturated heterocycles. The molecule has 0 saturated carbocycles. The number of nitrogens with two attached hydrogens (primary N) is 1. The minimum absolute atomic E-state index is 0.149. The van der Waals surface area contributed by atoms with Gasteiger partial charge in [-0.05, 0) is 37.1 Å². The highest BCUT2D eigenvalue weighted by Gasteiger charge is 2.09. The Labute approximate surface area is 120 Å². The number of ether oxygens (including phenoxy) is 1. The molecule has 4 nitrogen and oxygen atoms in total. The zero-order chi connectivity index (χ0) is 14.4. The Kier molecular flexibility index (Phi) is 4.96. The second-order valence-corrected chi connectivity index (χ2v) is 4.59. The minimum Gasteiger partial charge on any atom is -0.490 e. The Hall–Kier alpha value is -2.07. The van der Waals surface area contributed by atoms with Gasteiger partial charge in [0, 0.05) is 12.7 Å². The van der Waals surface area contributed by atoms with Gasteiger partial charge in [-0.25, -0.2) is 4.98 Å². The average molecular weight is 271 g/mol. The summed E-state index contributed by atoms with van der Waals surface area (Å²) in [5.41, 5.74) is 7.93. The van der Waals surface area contributed by atoms with Gasteiger partial charge in [0.25, 0.3) is 0 Å². The number of hydrogen-bond donors (Lipinski definition) is 2. The third-order valence-corrected chi connectivity index (χ3v) is 3.14. The smallest absolute Gasteiger partial charge is 0.169 e. The van der Waals surface area contributed by atoms with Crippen LogP contribution in [0.3, 0.4) is 0 Å². The molecule has 4 heteroatoms. The van der Waals surface area contributed by atoms with Crippen LogP contribution < -0.4 is 15.8 Å². The van der Waals surface area contributed by atoms with Crippen molar-refractivity contribution in [3.63, 3.8) is 0 Å². The van der Waals surface area contributed by atoms with Crippen LogP contribution in [-0.2, 0) is 6.54 Å². The number of hydrogen-bond acceptors (Lipinski definition) is 4. The lowest BCUT2D eigenvalue weighted by Crippen LogP contribution is -2.10. The van der Waals surface area contributed by atoms with E-state index >= 15 is 0 Å². The van der Waals surface area contributed by atoms with Gasteiger partial charge in [-0.1, -0.05) is 24.3 Å². The van der Waals surface area contributed by atoms with Crippen LogP contribution in [0, 0.1) is 0 Å². The van der Waals surface area contributed by atoms with E-state index < -0.39 is 0 Å². The third-order valence-electron chi connectivity index (χ3n) is 3.14. The molecule has 3 N–H and O–H groups in total. The molecule has 0 amide bonds. The van der Waals surface area contributed by atoms with Crippen molar-refractivity contribution in [2.75, 3.05) is 11.9 Å². The van der Waals surface area contributed by atoms with E-state index in [1.165, 1.54) is 5.56 Å². The van der Waals surface area contributed by atoms with Gasteiger partial charge in [0.15, 0.2) is 11.6 Å². The largest absolute Gasteiger partial charge is 0.490 e. The highest BCUT2D eigenvalue weighted by atomic mass is 16.5. The van der Waals surface area contributed by atoms with Crippen molar-refractivity contribution in [2.45, 2.75) is 26.4 Å². The second kappa shape index (κ2) is 6.91. The molecule has 0 fully saturated rings. The van der Waals surface area contributed by atoms with E-state index in [9.17, 15) is 0 Å². The summed E-state index contributed by atoms with van der Waals surface area (Å²) in [7, 11) is 0. The van der Waals surface area contributed by atoms with Gasteiger partial charge in [0.05, 0.1) is 12.6 Å². The molecule has 0 aliphatic rings. The summed E-state index contributed by atoms with van der Waals surface area (Å²) in [6, 6.07) is 12.2. The van der Waals surface area contributed by atoms with E-state index in [-0.39, 0.29) is 6.04 Å². The molecule has 0 aliphatic carbocycles. The molecule has 1 heterocycles. The van der Waals surface area contributed by atoms with Crippen molar-refractivity contribution in [2.24, 2.45) is 5.73 Å². The SMILES string of the molecule is CCOc1cccnc1NC(C)c1ccc(CN)cc1. The maximum Gasteiger partial charge on any atom is 0.169 e. The van der Waals surface area contributed by atoms with E-state index in [4.69, 9.17) is 10.5 Å². The number of nitrogens with zero attached hydrogens (tertiary/aromatic N) is 1. The number of anilines is 1. The van der Waals surface area contributed by atoms with Crippen molar-refractivity contribution in [3.8, 4) is 5.75 Å². The first-order valence-electron chi connectivity index (χ1n) is 6.87. The Morgan fingerprint density at radius 2 is 2.00 bits per heavy atom. The molecule has 0 spiro atoms. The maximum absolute atomic E-state index is 5.61. The van der Waals surface area contributed by atoms with Gasteiger partial charge >= 0.3 is 0 Å². The van der Waals surface area contributed by atoms with Crippen molar-refractivity contribution < 1.29 is 4.74 Å². The van der Waals surface area contributed by atoms with Gasteiger partial charge in [-0.15, -0.1) is 0 Å². The Balaban J connectivity index is 2.12. The lowest BCUT2D eigenvalue weighted by Gasteiger charge is -2.17. The Morgan fingerprint density at radius 1 is 1.25 bits per heavy atom. The van der Waals surface area contributed by atoms with Crippen molar-refractivity contribution >= 4 is 5.82 Å². The molecule has 1 aromatic carbocycles. The van der Waals surface area contributed by atoms with E-state index in [1.54, 1.807) is 6.20 Å². The van der Waals surface area contributed by atoms with Crippen molar-refractivity contribution in [3.05, 3.63) is 53.7 Å². The lowest BCUT2D eigenvalue weighted by molar-refractivity contribution is 0.340. The van der Waals surface area contributed by atoms with Crippen LogP contribution in [0.5, 0.6) is 5.75 Å². The van der Waals surface area contributed by atoms with Gasteiger partial charge in [-0.3, -0.25) is 0 Å². The van der Waals surface area contributed by atoms with Gasteiger partial charge in [0.1, 0.15) is 0 Å². The molecular weight excluding hydrogens is 250 g/mol. The Morgan fingerprint density at radius 3 is 2.65 bits per heavy atom. The molecule has 0 radical (unpaired) electrons. The number of pyridine rings is 1. The molecule has 106 valence electrons. The van der Waals surface area contributed by atoms with Crippen LogP contribution >= 0.6 is 0 Å². The van der Waals surface area contributed by atoms with Crippen LogP contribution in [0.1, 0.15) is 31.0 Å². The summed E-state index contributed by atoms with van der Waals surface area (Å²) in [6.07, 6.45) is 1.76. The van der Waals surface area contributed by atoms with Crippen molar-refractivity contribution in [1.82, 2.24) is 4.98 Å². The van der Waals surface area contributed by atoms with Gasteiger partial charge in [-0.2, -0.15) is 0 Å². The topological polar surface area (TPSA) is 60.2 Å². The Bertz CT molecular complexity index is 540. The van der Waals surface area contributed by atoms with Crippen LogP contribution in [0.15, 0.2) is 42.6 Å². The van der Waals surface area contributed by atoms with E-state index in [1.807, 2.05) is 19.1 Å². The number of nitrogens with one attached hydrogen (secondary N) is 1. The van der Waals surface area contributed by atoms with Crippen LogP contribution in [0.25, 0.3) is 0 Å². The maximum atomic E-state index is 5.61. The van der Waals surface area contributed by atoms with Gasteiger partial charge < -0.3 is 15.8 Å². The minimum atomic E-state index is 0.149. The predicted octanol–water partition coefficient (Wildman–Crippen LogP) is 3.11. The molecule has 0 bridgehead atoms. The summed E-state index contributed by atoms with van der Waals surface area (Å²) < 4.78 is 5.57. The van der Waals surface area contributed by atoms with E-state index in [0.717, 1.165) is 17.1 Å².